The first-order chi connectivity index (χ1) is 6.67. The van der Waals surface area contributed by atoms with Gasteiger partial charge >= 0.3 is 0 Å². The Hall–Kier alpha value is -1.75. The molecule has 0 bridgehead atoms. The maximum Gasteiger partial charge on any atom is 0.156 e. The maximum atomic E-state index is 10.5. The van der Waals surface area contributed by atoms with Crippen LogP contribution in [0.1, 0.15) is 22.8 Å². The number of terminal acetylenes is 1. The lowest BCUT2D eigenvalue weighted by Crippen LogP contribution is -2.08. The van der Waals surface area contributed by atoms with Crippen LogP contribution in [0.4, 0.5) is 0 Å². The molecule has 1 rings (SSSR count). The zero-order valence-electron chi connectivity index (χ0n) is 8.28. The molecule has 1 aromatic rings. The van der Waals surface area contributed by atoms with Crippen LogP contribution < -0.4 is 4.74 Å². The zero-order valence-corrected chi connectivity index (χ0v) is 8.28. The summed E-state index contributed by atoms with van der Waals surface area (Å²) in [7, 11) is 0. The first-order valence-electron chi connectivity index (χ1n) is 4.36. The van der Waals surface area contributed by atoms with Gasteiger partial charge in [0.15, 0.2) is 6.10 Å². The van der Waals surface area contributed by atoms with E-state index in [0.29, 0.717) is 11.3 Å². The van der Waals surface area contributed by atoms with Crippen LogP contribution in [0.2, 0.25) is 0 Å². The molecule has 72 valence electrons. The van der Waals surface area contributed by atoms with Gasteiger partial charge in [0.25, 0.3) is 0 Å². The Morgan fingerprint density at radius 3 is 2.79 bits per heavy atom. The van der Waals surface area contributed by atoms with Crippen LogP contribution in [0.5, 0.6) is 5.75 Å². The van der Waals surface area contributed by atoms with Crippen molar-refractivity contribution in [3.8, 4) is 18.1 Å². The Kier molecular flexibility index (Phi) is 3.30. The van der Waals surface area contributed by atoms with Crippen LogP contribution in [0.3, 0.4) is 0 Å². The minimum Gasteiger partial charge on any atom is -0.478 e. The fraction of sp³-hybridized carbons (Fsp3) is 0.250. The fourth-order valence-corrected chi connectivity index (χ4v) is 1.09. The average Bonchev–Trinajstić information content (AvgIpc) is 2.18. The molecule has 0 aromatic heterocycles. The van der Waals surface area contributed by atoms with Crippen LogP contribution in [-0.4, -0.2) is 12.4 Å². The summed E-state index contributed by atoms with van der Waals surface area (Å²) >= 11 is 0. The fourth-order valence-electron chi connectivity index (χ4n) is 1.09. The third-order valence-electron chi connectivity index (χ3n) is 1.92. The predicted molar refractivity (Wildman–Crippen MR) is 55.5 cm³/mol. The van der Waals surface area contributed by atoms with Gasteiger partial charge in [-0.1, -0.05) is 5.92 Å². The van der Waals surface area contributed by atoms with Gasteiger partial charge in [-0.15, -0.1) is 6.42 Å². The van der Waals surface area contributed by atoms with Gasteiger partial charge in [-0.25, -0.2) is 0 Å². The molecular weight excluding hydrogens is 176 g/mol. The van der Waals surface area contributed by atoms with Crippen molar-refractivity contribution < 1.29 is 9.53 Å². The molecule has 2 nitrogen and oxygen atoms in total. The Morgan fingerprint density at radius 2 is 2.29 bits per heavy atom. The normalized spacial score (nSPS) is 11.5. The number of carbonyl (C=O) groups excluding carboxylic acids is 1. The van der Waals surface area contributed by atoms with Gasteiger partial charge in [0.05, 0.1) is 0 Å². The number of ether oxygens (including phenoxy) is 1. The number of rotatable bonds is 3. The van der Waals surface area contributed by atoms with Gasteiger partial charge < -0.3 is 4.74 Å². The Morgan fingerprint density at radius 1 is 1.57 bits per heavy atom. The van der Waals surface area contributed by atoms with Gasteiger partial charge in [-0.05, 0) is 37.6 Å². The predicted octanol–water partition coefficient (Wildman–Crippen LogP) is 2.21. The lowest BCUT2D eigenvalue weighted by atomic mass is 10.1. The highest BCUT2D eigenvalue weighted by Crippen LogP contribution is 2.17. The van der Waals surface area contributed by atoms with Crippen molar-refractivity contribution in [2.45, 2.75) is 20.0 Å². The van der Waals surface area contributed by atoms with Crippen molar-refractivity contribution in [2.24, 2.45) is 0 Å². The summed E-state index contributed by atoms with van der Waals surface area (Å²) in [6, 6.07) is 5.27. The second kappa shape index (κ2) is 4.48. The molecule has 1 atom stereocenters. The van der Waals surface area contributed by atoms with Gasteiger partial charge in [0.1, 0.15) is 12.0 Å². The quantitative estimate of drug-likeness (QED) is 0.537. The summed E-state index contributed by atoms with van der Waals surface area (Å²) in [6.45, 7) is 3.65. The highest BCUT2D eigenvalue weighted by molar-refractivity contribution is 5.77. The molecule has 0 saturated heterocycles. The van der Waals surface area contributed by atoms with Crippen molar-refractivity contribution in [3.05, 3.63) is 29.3 Å². The largest absolute Gasteiger partial charge is 0.478 e. The van der Waals surface area contributed by atoms with Crippen LogP contribution in [0.15, 0.2) is 18.2 Å². The molecule has 0 saturated carbocycles. The lowest BCUT2D eigenvalue weighted by molar-refractivity contribution is 0.112. The molecule has 0 heterocycles. The third-order valence-corrected chi connectivity index (χ3v) is 1.92. The highest BCUT2D eigenvalue weighted by Gasteiger charge is 2.02. The Balaban J connectivity index is 2.87. The van der Waals surface area contributed by atoms with Crippen LogP contribution in [-0.2, 0) is 0 Å². The summed E-state index contributed by atoms with van der Waals surface area (Å²) in [5.41, 5.74) is 1.56. The SMILES string of the molecule is C#CC(C)Oc1ccc(C=O)c(C)c1. The number of hydrogen-bond donors (Lipinski definition) is 0. The van der Waals surface area contributed by atoms with E-state index >= 15 is 0 Å². The van der Waals surface area contributed by atoms with E-state index in [1.165, 1.54) is 0 Å². The van der Waals surface area contributed by atoms with Crippen molar-refractivity contribution in [1.29, 1.82) is 0 Å². The standard InChI is InChI=1S/C12H12O2/c1-4-10(3)14-12-6-5-11(8-13)9(2)7-12/h1,5-8,10H,2-3H3. The topological polar surface area (TPSA) is 26.3 Å². The Bertz CT molecular complexity index is 374. The highest BCUT2D eigenvalue weighted by atomic mass is 16.5. The van der Waals surface area contributed by atoms with Crippen LogP contribution >= 0.6 is 0 Å². The third kappa shape index (κ3) is 2.37. The maximum absolute atomic E-state index is 10.5. The van der Waals surface area contributed by atoms with E-state index in [4.69, 9.17) is 11.2 Å². The van der Waals surface area contributed by atoms with E-state index in [2.05, 4.69) is 5.92 Å². The number of carbonyl (C=O) groups is 1. The molecule has 0 aliphatic rings. The first kappa shape index (κ1) is 10.3. The van der Waals surface area contributed by atoms with Gasteiger partial charge in [-0.2, -0.15) is 0 Å². The van der Waals surface area contributed by atoms with Crippen molar-refractivity contribution in [1.82, 2.24) is 0 Å². The van der Waals surface area contributed by atoms with E-state index in [1.807, 2.05) is 6.92 Å². The molecule has 1 aromatic carbocycles. The van der Waals surface area contributed by atoms with E-state index < -0.39 is 0 Å². The minimum absolute atomic E-state index is 0.253. The number of hydrogen-bond acceptors (Lipinski definition) is 2. The van der Waals surface area contributed by atoms with E-state index in [1.54, 1.807) is 25.1 Å². The average molecular weight is 188 g/mol. The van der Waals surface area contributed by atoms with Crippen LogP contribution in [0.25, 0.3) is 0 Å². The lowest BCUT2D eigenvalue weighted by Gasteiger charge is -2.09. The van der Waals surface area contributed by atoms with E-state index in [-0.39, 0.29) is 6.10 Å². The van der Waals surface area contributed by atoms with Crippen molar-refractivity contribution in [3.63, 3.8) is 0 Å². The van der Waals surface area contributed by atoms with E-state index in [0.717, 1.165) is 11.8 Å². The molecule has 0 amide bonds. The van der Waals surface area contributed by atoms with Gasteiger partial charge in [0, 0.05) is 5.56 Å². The van der Waals surface area contributed by atoms with Gasteiger partial charge in [0.2, 0.25) is 0 Å². The molecule has 0 fully saturated rings. The molecule has 0 N–H and O–H groups in total. The number of aryl methyl sites for hydroxylation is 1. The second-order valence-corrected chi connectivity index (χ2v) is 3.06. The minimum atomic E-state index is -0.253. The summed E-state index contributed by atoms with van der Waals surface area (Å²) in [4.78, 5) is 10.5. The summed E-state index contributed by atoms with van der Waals surface area (Å²) in [6.07, 6.45) is 5.75. The van der Waals surface area contributed by atoms with Gasteiger partial charge in [-0.3, -0.25) is 4.79 Å². The smallest absolute Gasteiger partial charge is 0.156 e. The molecule has 2 heteroatoms. The first-order valence-corrected chi connectivity index (χ1v) is 4.36. The van der Waals surface area contributed by atoms with Crippen molar-refractivity contribution in [2.75, 3.05) is 0 Å². The van der Waals surface area contributed by atoms with Crippen molar-refractivity contribution >= 4 is 6.29 Å². The molecule has 0 radical (unpaired) electrons. The Labute approximate surface area is 83.9 Å². The summed E-state index contributed by atoms with van der Waals surface area (Å²) in [5.74, 6) is 3.16. The molecule has 0 spiro atoms. The molecule has 0 aliphatic heterocycles. The molecule has 1 unspecified atom stereocenters. The van der Waals surface area contributed by atoms with Crippen LogP contribution in [0, 0.1) is 19.3 Å². The summed E-state index contributed by atoms with van der Waals surface area (Å²) < 4.78 is 5.39. The molecule has 0 aliphatic carbocycles. The van der Waals surface area contributed by atoms with E-state index in [9.17, 15) is 4.79 Å². The number of aldehydes is 1. The number of benzene rings is 1. The molecule has 14 heavy (non-hydrogen) atoms. The molecular formula is C12H12O2. The monoisotopic (exact) mass is 188 g/mol. The second-order valence-electron chi connectivity index (χ2n) is 3.06. The summed E-state index contributed by atoms with van der Waals surface area (Å²) in [5, 5.41) is 0. The zero-order chi connectivity index (χ0) is 10.6.